The molecule has 6 nitrogen and oxygen atoms in total. The van der Waals surface area contributed by atoms with Crippen LogP contribution in [0.4, 0.5) is 0 Å². The van der Waals surface area contributed by atoms with Crippen LogP contribution in [0, 0.1) is 0 Å². The molecule has 1 aromatic heterocycles. The second-order valence-corrected chi connectivity index (χ2v) is 7.83. The summed E-state index contributed by atoms with van der Waals surface area (Å²) < 4.78 is 5.97. The van der Waals surface area contributed by atoms with Crippen LogP contribution in [0.5, 0.6) is 5.75 Å². The maximum atomic E-state index is 12.8. The van der Waals surface area contributed by atoms with Crippen molar-refractivity contribution in [3.8, 4) is 5.75 Å². The van der Waals surface area contributed by atoms with Crippen molar-refractivity contribution in [3.05, 3.63) is 59.9 Å². The molecule has 4 rings (SSSR count). The van der Waals surface area contributed by atoms with E-state index in [-0.39, 0.29) is 17.9 Å². The number of nitrogens with zero attached hydrogens (tertiary/aromatic N) is 2. The third-order valence-electron chi connectivity index (χ3n) is 5.75. The van der Waals surface area contributed by atoms with E-state index in [9.17, 15) is 9.59 Å². The highest BCUT2D eigenvalue weighted by Gasteiger charge is 2.25. The molecule has 0 atom stereocenters. The Labute approximate surface area is 171 Å². The van der Waals surface area contributed by atoms with Gasteiger partial charge in [-0.25, -0.2) is 0 Å². The fourth-order valence-electron chi connectivity index (χ4n) is 4.05. The Bertz CT molecular complexity index is 824. The van der Waals surface area contributed by atoms with Gasteiger partial charge in [0.2, 0.25) is 0 Å². The minimum absolute atomic E-state index is 0.0365. The molecule has 6 heteroatoms. The lowest BCUT2D eigenvalue weighted by molar-refractivity contribution is 0.0698. The van der Waals surface area contributed by atoms with Crippen LogP contribution < -0.4 is 10.1 Å². The maximum Gasteiger partial charge on any atom is 0.253 e. The molecular weight excluding hydrogens is 366 g/mol. The Morgan fingerprint density at radius 3 is 2.34 bits per heavy atom. The summed E-state index contributed by atoms with van der Waals surface area (Å²) in [6, 6.07) is 11.1. The number of rotatable bonds is 5. The summed E-state index contributed by atoms with van der Waals surface area (Å²) in [5, 5.41) is 3.04. The highest BCUT2D eigenvalue weighted by molar-refractivity contribution is 5.95. The number of amides is 2. The summed E-state index contributed by atoms with van der Waals surface area (Å²) in [4.78, 5) is 30.9. The largest absolute Gasteiger partial charge is 0.490 e. The summed E-state index contributed by atoms with van der Waals surface area (Å²) in [5.74, 6) is 0.764. The Hall–Kier alpha value is -2.89. The number of ether oxygens (including phenoxy) is 1. The van der Waals surface area contributed by atoms with Gasteiger partial charge in [0.05, 0.1) is 11.7 Å². The van der Waals surface area contributed by atoms with E-state index >= 15 is 0 Å². The number of hydrogen-bond donors (Lipinski definition) is 1. The molecule has 0 bridgehead atoms. The molecule has 2 amide bonds. The monoisotopic (exact) mass is 393 g/mol. The van der Waals surface area contributed by atoms with E-state index in [0.717, 1.165) is 31.4 Å². The highest BCUT2D eigenvalue weighted by Crippen LogP contribution is 2.24. The number of pyridine rings is 1. The Morgan fingerprint density at radius 1 is 0.966 bits per heavy atom. The first-order chi connectivity index (χ1) is 14.2. The topological polar surface area (TPSA) is 71.5 Å². The lowest BCUT2D eigenvalue weighted by Gasteiger charge is -2.32. The predicted octanol–water partition coefficient (Wildman–Crippen LogP) is 3.44. The molecular formula is C23H27N3O3. The molecule has 1 N–H and O–H groups in total. The molecule has 2 aliphatic rings. The van der Waals surface area contributed by atoms with Crippen LogP contribution in [0.15, 0.2) is 48.8 Å². The normalized spacial score (nSPS) is 17.9. The molecule has 1 aromatic carbocycles. The Morgan fingerprint density at radius 2 is 1.69 bits per heavy atom. The van der Waals surface area contributed by atoms with Crippen LogP contribution in [-0.4, -0.2) is 46.9 Å². The smallest absolute Gasteiger partial charge is 0.253 e. The van der Waals surface area contributed by atoms with E-state index in [1.54, 1.807) is 24.5 Å². The van der Waals surface area contributed by atoms with Gasteiger partial charge in [0.25, 0.3) is 11.8 Å². The minimum atomic E-state index is -0.110. The molecule has 0 radical (unpaired) electrons. The predicted molar refractivity (Wildman–Crippen MR) is 110 cm³/mol. The van der Waals surface area contributed by atoms with Gasteiger partial charge >= 0.3 is 0 Å². The second kappa shape index (κ2) is 9.07. The number of piperidine rings is 1. The SMILES string of the molecule is O=C(NC1CCN(C(=O)c2ccc(OC3CCCC3)cc2)CC1)c1cccnc1. The molecule has 1 saturated heterocycles. The maximum absolute atomic E-state index is 12.8. The van der Waals surface area contributed by atoms with Crippen molar-refractivity contribution in [1.29, 1.82) is 0 Å². The Balaban J connectivity index is 1.27. The van der Waals surface area contributed by atoms with Gasteiger partial charge in [-0.3, -0.25) is 14.6 Å². The van der Waals surface area contributed by atoms with Gasteiger partial charge in [0.1, 0.15) is 5.75 Å². The van der Waals surface area contributed by atoms with Crippen LogP contribution in [-0.2, 0) is 0 Å². The average molecular weight is 393 g/mol. The summed E-state index contributed by atoms with van der Waals surface area (Å²) >= 11 is 0. The third-order valence-corrected chi connectivity index (χ3v) is 5.75. The molecule has 29 heavy (non-hydrogen) atoms. The highest BCUT2D eigenvalue weighted by atomic mass is 16.5. The number of aromatic nitrogens is 1. The number of carbonyl (C=O) groups excluding carboxylic acids is 2. The van der Waals surface area contributed by atoms with Crippen molar-refractivity contribution in [2.24, 2.45) is 0 Å². The van der Waals surface area contributed by atoms with Gasteiger partial charge < -0.3 is 15.0 Å². The van der Waals surface area contributed by atoms with Crippen LogP contribution in [0.2, 0.25) is 0 Å². The number of nitrogens with one attached hydrogen (secondary N) is 1. The number of benzene rings is 1. The molecule has 2 heterocycles. The van der Waals surface area contributed by atoms with Crippen molar-refractivity contribution < 1.29 is 14.3 Å². The molecule has 1 aliphatic carbocycles. The molecule has 0 spiro atoms. The molecule has 1 saturated carbocycles. The van der Waals surface area contributed by atoms with Crippen molar-refractivity contribution in [2.45, 2.75) is 50.7 Å². The zero-order valence-corrected chi connectivity index (χ0v) is 16.5. The molecule has 2 aromatic rings. The van der Waals surface area contributed by atoms with Crippen LogP contribution >= 0.6 is 0 Å². The summed E-state index contributed by atoms with van der Waals surface area (Å²) in [6.07, 6.45) is 9.74. The van der Waals surface area contributed by atoms with Gasteiger partial charge in [0.15, 0.2) is 0 Å². The lowest BCUT2D eigenvalue weighted by Crippen LogP contribution is -2.46. The van der Waals surface area contributed by atoms with E-state index in [2.05, 4.69) is 10.3 Å². The van der Waals surface area contributed by atoms with Crippen molar-refractivity contribution in [1.82, 2.24) is 15.2 Å². The first-order valence-electron chi connectivity index (χ1n) is 10.5. The fraction of sp³-hybridized carbons (Fsp3) is 0.435. The van der Waals surface area contributed by atoms with Gasteiger partial charge in [0, 0.05) is 37.1 Å². The van der Waals surface area contributed by atoms with E-state index in [1.807, 2.05) is 29.2 Å². The van der Waals surface area contributed by atoms with Crippen molar-refractivity contribution >= 4 is 11.8 Å². The van der Waals surface area contributed by atoms with Crippen LogP contribution in [0.25, 0.3) is 0 Å². The van der Waals surface area contributed by atoms with Crippen molar-refractivity contribution in [3.63, 3.8) is 0 Å². The number of likely N-dealkylation sites (tertiary alicyclic amines) is 1. The fourth-order valence-corrected chi connectivity index (χ4v) is 4.05. The first kappa shape index (κ1) is 19.4. The summed E-state index contributed by atoms with van der Waals surface area (Å²) in [7, 11) is 0. The third kappa shape index (κ3) is 4.94. The van der Waals surface area contributed by atoms with Crippen molar-refractivity contribution in [2.75, 3.05) is 13.1 Å². The van der Waals surface area contributed by atoms with E-state index in [4.69, 9.17) is 4.74 Å². The average Bonchev–Trinajstić information content (AvgIpc) is 3.28. The molecule has 2 fully saturated rings. The van der Waals surface area contributed by atoms with Gasteiger partial charge in [-0.1, -0.05) is 0 Å². The molecule has 0 unspecified atom stereocenters. The van der Waals surface area contributed by atoms with E-state index < -0.39 is 0 Å². The molecule has 152 valence electrons. The lowest BCUT2D eigenvalue weighted by atomic mass is 10.0. The minimum Gasteiger partial charge on any atom is -0.490 e. The van der Waals surface area contributed by atoms with Gasteiger partial charge in [-0.2, -0.15) is 0 Å². The van der Waals surface area contributed by atoms with Gasteiger partial charge in [-0.05, 0) is 74.9 Å². The van der Waals surface area contributed by atoms with E-state index in [0.29, 0.717) is 30.3 Å². The second-order valence-electron chi connectivity index (χ2n) is 7.83. The Kier molecular flexibility index (Phi) is 6.08. The molecule has 1 aliphatic heterocycles. The quantitative estimate of drug-likeness (QED) is 0.845. The number of hydrogen-bond acceptors (Lipinski definition) is 4. The zero-order chi connectivity index (χ0) is 20.1. The first-order valence-corrected chi connectivity index (χ1v) is 10.5. The van der Waals surface area contributed by atoms with Crippen LogP contribution in [0.1, 0.15) is 59.2 Å². The summed E-state index contributed by atoms with van der Waals surface area (Å²) in [6.45, 7) is 1.27. The standard InChI is InChI=1S/C23H27N3O3/c27-22(18-4-3-13-24-16-18)25-19-11-14-26(15-12-19)23(28)17-7-9-21(10-8-17)29-20-5-1-2-6-20/h3-4,7-10,13,16,19-20H,1-2,5-6,11-12,14-15H2,(H,25,27). The van der Waals surface area contributed by atoms with Gasteiger partial charge in [-0.15, -0.1) is 0 Å². The van der Waals surface area contributed by atoms with E-state index in [1.165, 1.54) is 12.8 Å². The summed E-state index contributed by atoms with van der Waals surface area (Å²) in [5.41, 5.74) is 1.24. The number of carbonyl (C=O) groups is 2. The van der Waals surface area contributed by atoms with Crippen LogP contribution in [0.3, 0.4) is 0 Å². The zero-order valence-electron chi connectivity index (χ0n) is 16.5.